The van der Waals surface area contributed by atoms with Crippen LogP contribution < -0.4 is 10.4 Å². The van der Waals surface area contributed by atoms with E-state index in [1.807, 2.05) is 6.07 Å². The molecule has 292 valence electrons. The topological polar surface area (TPSA) is 0 Å². The molecule has 1 aliphatic heterocycles. The molecule has 0 saturated heterocycles. The molecule has 0 saturated carbocycles. The summed E-state index contributed by atoms with van der Waals surface area (Å²) in [6, 6.07) is 58.6. The van der Waals surface area contributed by atoms with Gasteiger partial charge in [-0.2, -0.15) is 41.6 Å². The molecule has 2 radical (unpaired) electrons. The molecule has 0 aliphatic carbocycles. The van der Waals surface area contributed by atoms with Crippen LogP contribution in [0.15, 0.2) is 152 Å². The van der Waals surface area contributed by atoms with Crippen LogP contribution in [0.2, 0.25) is 0 Å². The predicted octanol–water partition coefficient (Wildman–Crippen LogP) is 14.4. The van der Waals surface area contributed by atoms with Gasteiger partial charge >= 0.3 is 0 Å². The Kier molecular flexibility index (Phi) is 13.3. The minimum Gasteiger partial charge on any atom is -0.184 e. The Bertz CT molecular complexity index is 2450. The Hall–Kier alpha value is -4.37. The van der Waals surface area contributed by atoms with Crippen molar-refractivity contribution in [1.29, 1.82) is 0 Å². The molecule has 8 aromatic rings. The van der Waals surface area contributed by atoms with E-state index in [1.165, 1.54) is 87.6 Å². The minimum absolute atomic E-state index is 0. The summed E-state index contributed by atoms with van der Waals surface area (Å²) in [5.41, 5.74) is 14.2. The molecule has 0 aromatic heterocycles. The van der Waals surface area contributed by atoms with Crippen molar-refractivity contribution in [3.8, 4) is 33.4 Å². The molecule has 0 nitrogen and oxygen atoms in total. The molecule has 0 N–H and O–H groups in total. The van der Waals surface area contributed by atoms with Gasteiger partial charge in [0.25, 0.3) is 0 Å². The normalized spacial score (nSPS) is 12.1. The third-order valence-corrected chi connectivity index (χ3v) is 12.6. The molecule has 1 aliphatic rings. The van der Waals surface area contributed by atoms with Gasteiger partial charge in [0.15, 0.2) is 0 Å². The number of hydrogen-bond acceptors (Lipinski definition) is 0. The van der Waals surface area contributed by atoms with Crippen LogP contribution in [0, 0.1) is 6.07 Å². The van der Waals surface area contributed by atoms with E-state index in [1.54, 1.807) is 0 Å². The molecular weight excluding hydrogens is 879 g/mol. The van der Waals surface area contributed by atoms with E-state index >= 15 is 0 Å². The minimum atomic E-state index is 0. The molecule has 0 atom stereocenters. The van der Waals surface area contributed by atoms with Gasteiger partial charge < -0.3 is 0 Å². The fourth-order valence-corrected chi connectivity index (χ4v) is 9.43. The number of fused-ring (bicyclic) bond motifs is 5. The summed E-state index contributed by atoms with van der Waals surface area (Å²) in [4.78, 5) is 0. The maximum absolute atomic E-state index is 3.31. The van der Waals surface area contributed by atoms with Crippen LogP contribution in [0.25, 0.3) is 54.9 Å². The van der Waals surface area contributed by atoms with Crippen molar-refractivity contribution in [1.82, 2.24) is 0 Å². The SMILES string of the molecule is CC(C)c1cc2c(-c3ccccc3C(C)(C)C)cccc2[cH-]1.CC(C)c1cc2c(-c3ccccc3C(C)(C)C)cccc2[cH-]1.[Hf].[c-]1cccc2c1[Si]c1ccccc1-2. The summed E-state index contributed by atoms with van der Waals surface area (Å²) in [5, 5.41) is 8.28. The first-order valence-corrected chi connectivity index (χ1v) is 21.7. The van der Waals surface area contributed by atoms with E-state index in [0.717, 1.165) is 9.52 Å². The first-order chi connectivity index (χ1) is 27.2. The van der Waals surface area contributed by atoms with E-state index in [0.29, 0.717) is 11.8 Å². The van der Waals surface area contributed by atoms with Gasteiger partial charge in [0, 0.05) is 25.8 Å². The van der Waals surface area contributed by atoms with Gasteiger partial charge in [-0.25, -0.2) is 0 Å². The monoisotopic (exact) mass is 937 g/mol. The van der Waals surface area contributed by atoms with Crippen LogP contribution in [0.5, 0.6) is 0 Å². The molecule has 0 unspecified atom stereocenters. The second-order valence-electron chi connectivity index (χ2n) is 18.2. The van der Waals surface area contributed by atoms with E-state index in [9.17, 15) is 0 Å². The van der Waals surface area contributed by atoms with Crippen LogP contribution >= 0.6 is 0 Å². The molecular formula is C56H57HfSi-3. The van der Waals surface area contributed by atoms with Crippen molar-refractivity contribution in [2.45, 2.75) is 91.9 Å². The quantitative estimate of drug-likeness (QED) is 0.122. The number of hydrogen-bond donors (Lipinski definition) is 0. The van der Waals surface area contributed by atoms with Crippen molar-refractivity contribution in [3.63, 3.8) is 0 Å². The maximum Gasteiger partial charge on any atom is 0.0920 e. The summed E-state index contributed by atoms with van der Waals surface area (Å²) >= 11 is 0. The van der Waals surface area contributed by atoms with Gasteiger partial charge in [0.05, 0.1) is 9.52 Å². The van der Waals surface area contributed by atoms with Gasteiger partial charge in [-0.15, -0.1) is 74.6 Å². The predicted molar refractivity (Wildman–Crippen MR) is 251 cm³/mol. The Balaban J connectivity index is 0.000000150. The van der Waals surface area contributed by atoms with Crippen molar-refractivity contribution in [2.24, 2.45) is 0 Å². The Morgan fingerprint density at radius 3 is 1.34 bits per heavy atom. The zero-order chi connectivity index (χ0) is 40.5. The fourth-order valence-electron chi connectivity index (χ4n) is 8.12. The summed E-state index contributed by atoms with van der Waals surface area (Å²) in [5.74, 6) is 1.14. The zero-order valence-electron chi connectivity index (χ0n) is 36.1. The second kappa shape index (κ2) is 17.9. The Morgan fingerprint density at radius 2 is 0.879 bits per heavy atom. The molecule has 0 fully saturated rings. The van der Waals surface area contributed by atoms with Crippen molar-refractivity contribution in [2.75, 3.05) is 0 Å². The van der Waals surface area contributed by atoms with Crippen molar-refractivity contribution >= 4 is 41.4 Å². The third kappa shape index (κ3) is 9.25. The first-order valence-electron chi connectivity index (χ1n) is 20.7. The molecule has 9 rings (SSSR count). The second-order valence-corrected chi connectivity index (χ2v) is 19.5. The van der Waals surface area contributed by atoms with Crippen molar-refractivity contribution in [3.05, 3.63) is 180 Å². The Morgan fingerprint density at radius 1 is 0.466 bits per heavy atom. The molecule has 2 heteroatoms. The molecule has 8 aromatic carbocycles. The molecule has 1 heterocycles. The van der Waals surface area contributed by atoms with E-state index in [-0.39, 0.29) is 36.7 Å². The maximum atomic E-state index is 3.31. The van der Waals surface area contributed by atoms with E-state index in [2.05, 4.69) is 221 Å². The largest absolute Gasteiger partial charge is 0.184 e. The molecule has 58 heavy (non-hydrogen) atoms. The van der Waals surface area contributed by atoms with Crippen molar-refractivity contribution < 1.29 is 25.8 Å². The number of benzene rings is 6. The first kappa shape index (κ1) is 43.2. The average molecular weight is 937 g/mol. The van der Waals surface area contributed by atoms with Gasteiger partial charge in [-0.3, -0.25) is 0 Å². The summed E-state index contributed by atoms with van der Waals surface area (Å²) in [7, 11) is 0.795. The summed E-state index contributed by atoms with van der Waals surface area (Å²) < 4.78 is 0. The molecule has 0 bridgehead atoms. The van der Waals surface area contributed by atoms with Crippen LogP contribution in [0.4, 0.5) is 0 Å². The van der Waals surface area contributed by atoms with Gasteiger partial charge in [0.2, 0.25) is 0 Å². The number of rotatable bonds is 4. The molecule has 0 spiro atoms. The summed E-state index contributed by atoms with van der Waals surface area (Å²) in [6.07, 6.45) is 0. The van der Waals surface area contributed by atoms with Gasteiger partial charge in [0.1, 0.15) is 0 Å². The zero-order valence-corrected chi connectivity index (χ0v) is 40.7. The fraction of sp³-hybridized carbons (Fsp3) is 0.250. The van der Waals surface area contributed by atoms with Crippen LogP contribution in [-0.2, 0) is 36.7 Å². The Labute approximate surface area is 370 Å². The average Bonchev–Trinajstić information content (AvgIpc) is 3.93. The van der Waals surface area contributed by atoms with Gasteiger partial charge in [-0.05, 0) is 44.9 Å². The third-order valence-electron chi connectivity index (χ3n) is 11.3. The van der Waals surface area contributed by atoms with Crippen LogP contribution in [0.1, 0.15) is 103 Å². The smallest absolute Gasteiger partial charge is 0.0920 e. The standard InChI is InChI=1S/2C22H25.C12H7Si.Hf/c2*1-15(2)17-13-16-9-8-11-18(20(16)14-17)19-10-6-7-12-21(19)22(3,4)5;1-3-7-11-9(5-1)10-6-2-4-8-12(10)13-11;/h2*6-15H,1-5H3;1-7H;/q3*-1;. The van der Waals surface area contributed by atoms with Gasteiger partial charge in [-0.1, -0.05) is 176 Å². The van der Waals surface area contributed by atoms with E-state index in [4.69, 9.17) is 0 Å². The van der Waals surface area contributed by atoms with Crippen LogP contribution in [0.3, 0.4) is 0 Å². The molecule has 0 amide bonds. The summed E-state index contributed by atoms with van der Waals surface area (Å²) in [6.45, 7) is 22.8. The van der Waals surface area contributed by atoms with Crippen LogP contribution in [-0.4, -0.2) is 9.52 Å². The van der Waals surface area contributed by atoms with E-state index < -0.39 is 0 Å².